The van der Waals surface area contributed by atoms with E-state index in [1.54, 1.807) is 6.20 Å². The summed E-state index contributed by atoms with van der Waals surface area (Å²) in [5.41, 5.74) is 11.5. The van der Waals surface area contributed by atoms with Crippen LogP contribution in [-0.4, -0.2) is 15.7 Å². The Morgan fingerprint density at radius 3 is 2.74 bits per heavy atom. The van der Waals surface area contributed by atoms with Gasteiger partial charge in [0.1, 0.15) is 5.75 Å². The van der Waals surface area contributed by atoms with Crippen molar-refractivity contribution >= 4 is 5.69 Å². The topological polar surface area (TPSA) is 68.4 Å². The highest BCUT2D eigenvalue weighted by Gasteiger charge is 2.51. The van der Waals surface area contributed by atoms with Crippen LogP contribution in [0.4, 0.5) is 5.69 Å². The zero-order valence-corrected chi connectivity index (χ0v) is 20.4. The minimum Gasteiger partial charge on any atom is -0.437 e. The molecule has 0 saturated heterocycles. The number of fused-ring (bicyclic) bond motifs is 3. The van der Waals surface area contributed by atoms with E-state index in [0.29, 0.717) is 17.5 Å². The average molecular weight is 457 g/mol. The summed E-state index contributed by atoms with van der Waals surface area (Å²) in [4.78, 5) is 4.34. The van der Waals surface area contributed by atoms with Crippen molar-refractivity contribution in [3.05, 3.63) is 83.0 Å². The molecule has 3 atom stereocenters. The highest BCUT2D eigenvalue weighted by Crippen LogP contribution is 2.55. The molecule has 0 amide bonds. The number of aryl methyl sites for hydroxylation is 2. The van der Waals surface area contributed by atoms with E-state index in [9.17, 15) is 5.11 Å². The molecule has 2 aromatic carbocycles. The zero-order chi connectivity index (χ0) is 23.8. The number of anilines is 1. The molecule has 0 aliphatic heterocycles. The maximum absolute atomic E-state index is 11.4. The van der Waals surface area contributed by atoms with E-state index in [-0.39, 0.29) is 5.41 Å². The van der Waals surface area contributed by atoms with Crippen molar-refractivity contribution in [2.24, 2.45) is 5.92 Å². The summed E-state index contributed by atoms with van der Waals surface area (Å²) in [6.45, 7) is 4.14. The number of nitrogens with two attached hydrogens (primary N) is 1. The molecular formula is C30H36N2O2. The third-order valence-corrected chi connectivity index (χ3v) is 8.28. The summed E-state index contributed by atoms with van der Waals surface area (Å²) in [7, 11) is 0. The molecule has 34 heavy (non-hydrogen) atoms. The Morgan fingerprint density at radius 2 is 1.94 bits per heavy atom. The van der Waals surface area contributed by atoms with Gasteiger partial charge < -0.3 is 15.6 Å². The van der Waals surface area contributed by atoms with E-state index >= 15 is 0 Å². The molecular weight excluding hydrogens is 420 g/mol. The van der Waals surface area contributed by atoms with Crippen molar-refractivity contribution in [3.63, 3.8) is 0 Å². The first-order valence-electron chi connectivity index (χ1n) is 12.7. The Balaban J connectivity index is 1.51. The molecule has 1 saturated carbocycles. The summed E-state index contributed by atoms with van der Waals surface area (Å²) >= 11 is 0. The molecule has 178 valence electrons. The van der Waals surface area contributed by atoms with Gasteiger partial charge in [0, 0.05) is 11.6 Å². The number of benzene rings is 2. The minimum absolute atomic E-state index is 0.0497. The highest BCUT2D eigenvalue weighted by molar-refractivity contribution is 5.55. The lowest BCUT2D eigenvalue weighted by Gasteiger charge is -2.53. The van der Waals surface area contributed by atoms with Crippen molar-refractivity contribution in [1.82, 2.24) is 4.98 Å². The lowest BCUT2D eigenvalue weighted by molar-refractivity contribution is -0.0565. The monoisotopic (exact) mass is 456 g/mol. The van der Waals surface area contributed by atoms with Crippen LogP contribution >= 0.6 is 0 Å². The number of hydrogen-bond donors (Lipinski definition) is 2. The third kappa shape index (κ3) is 4.20. The van der Waals surface area contributed by atoms with E-state index in [1.165, 1.54) is 16.7 Å². The molecule has 3 N–H and O–H groups in total. The van der Waals surface area contributed by atoms with Gasteiger partial charge >= 0.3 is 0 Å². The van der Waals surface area contributed by atoms with Crippen molar-refractivity contribution in [3.8, 4) is 11.6 Å². The van der Waals surface area contributed by atoms with Gasteiger partial charge in [0.05, 0.1) is 11.3 Å². The van der Waals surface area contributed by atoms with Crippen LogP contribution in [0.3, 0.4) is 0 Å². The summed E-state index contributed by atoms with van der Waals surface area (Å²) in [6.07, 6.45) is 9.56. The summed E-state index contributed by atoms with van der Waals surface area (Å²) in [5, 5.41) is 11.4. The van der Waals surface area contributed by atoms with Gasteiger partial charge in [-0.1, -0.05) is 49.7 Å². The Labute approximate surface area is 203 Å². The average Bonchev–Trinajstić information content (AvgIpc) is 2.83. The molecule has 2 aliphatic rings. The molecule has 5 rings (SSSR count). The predicted molar refractivity (Wildman–Crippen MR) is 137 cm³/mol. The normalized spacial score (nSPS) is 25.9. The van der Waals surface area contributed by atoms with E-state index in [4.69, 9.17) is 10.5 Å². The van der Waals surface area contributed by atoms with E-state index < -0.39 is 5.60 Å². The fraction of sp³-hybridized carbons (Fsp3) is 0.433. The van der Waals surface area contributed by atoms with Gasteiger partial charge in [-0.2, -0.15) is 0 Å². The molecule has 0 unspecified atom stereocenters. The molecule has 1 fully saturated rings. The van der Waals surface area contributed by atoms with Crippen LogP contribution < -0.4 is 10.5 Å². The summed E-state index contributed by atoms with van der Waals surface area (Å²) in [6, 6.07) is 19.3. The number of aliphatic hydroxyl groups is 1. The van der Waals surface area contributed by atoms with Crippen molar-refractivity contribution < 1.29 is 9.84 Å². The van der Waals surface area contributed by atoms with Crippen LogP contribution in [0.2, 0.25) is 0 Å². The zero-order valence-electron chi connectivity index (χ0n) is 20.4. The number of pyridine rings is 1. The van der Waals surface area contributed by atoms with Crippen LogP contribution in [0.15, 0.2) is 60.8 Å². The van der Waals surface area contributed by atoms with Gasteiger partial charge in [0.2, 0.25) is 5.88 Å². The number of hydrogen-bond acceptors (Lipinski definition) is 4. The number of nitrogens with zero attached hydrogens (tertiary/aromatic N) is 1. The molecule has 0 spiro atoms. The fourth-order valence-corrected chi connectivity index (χ4v) is 6.52. The summed E-state index contributed by atoms with van der Waals surface area (Å²) in [5.74, 6) is 1.73. The third-order valence-electron chi connectivity index (χ3n) is 8.28. The Hall–Kier alpha value is -2.85. The Bertz CT molecular complexity index is 1160. The largest absolute Gasteiger partial charge is 0.437 e. The molecule has 4 heteroatoms. The quantitative estimate of drug-likeness (QED) is 0.443. The van der Waals surface area contributed by atoms with E-state index in [0.717, 1.165) is 62.7 Å². The molecule has 1 heterocycles. The molecule has 3 aromatic rings. The first-order valence-corrected chi connectivity index (χ1v) is 12.7. The SMILES string of the molecule is CCC[C@@]1(O)CC[C@@]2(Cc3ccccc3)c3ccc(Oc4nccc(C)c4N)cc3CC[C@@H]2C1. The van der Waals surface area contributed by atoms with Gasteiger partial charge in [-0.3, -0.25) is 0 Å². The van der Waals surface area contributed by atoms with Crippen molar-refractivity contribution in [1.29, 1.82) is 0 Å². The standard InChI is InChI=1S/C30H36N2O2/c1-3-14-29(33)15-16-30(19-22-7-5-4-6-8-22)24(20-29)10-9-23-18-25(11-12-26(23)30)34-28-27(31)21(2)13-17-32-28/h4-8,11-13,17-18,24,33H,3,9-10,14-16,19-20,31H2,1-2H3/t24-,29-,30+/m1/s1. The molecule has 0 bridgehead atoms. The maximum Gasteiger partial charge on any atom is 0.242 e. The van der Waals surface area contributed by atoms with Crippen molar-refractivity contribution in [2.45, 2.75) is 76.2 Å². The number of ether oxygens (including phenoxy) is 1. The number of rotatable bonds is 6. The lowest BCUT2D eigenvalue weighted by atomic mass is 9.52. The second-order valence-electron chi connectivity index (χ2n) is 10.5. The minimum atomic E-state index is -0.519. The highest BCUT2D eigenvalue weighted by atomic mass is 16.5. The van der Waals surface area contributed by atoms with Crippen LogP contribution in [0.5, 0.6) is 11.6 Å². The molecule has 2 aliphatic carbocycles. The molecule has 0 radical (unpaired) electrons. The van der Waals surface area contributed by atoms with Gasteiger partial charge in [-0.05, 0) is 98.2 Å². The molecule has 4 nitrogen and oxygen atoms in total. The van der Waals surface area contributed by atoms with Gasteiger partial charge in [0.25, 0.3) is 0 Å². The van der Waals surface area contributed by atoms with Crippen LogP contribution in [-0.2, 0) is 18.3 Å². The second kappa shape index (κ2) is 9.07. The first-order chi connectivity index (χ1) is 16.4. The second-order valence-corrected chi connectivity index (χ2v) is 10.5. The summed E-state index contributed by atoms with van der Waals surface area (Å²) < 4.78 is 6.13. The smallest absolute Gasteiger partial charge is 0.242 e. The van der Waals surface area contributed by atoms with E-state index in [2.05, 4.69) is 60.4 Å². The van der Waals surface area contributed by atoms with Crippen LogP contribution in [0, 0.1) is 12.8 Å². The fourth-order valence-electron chi connectivity index (χ4n) is 6.52. The van der Waals surface area contributed by atoms with Crippen LogP contribution in [0.25, 0.3) is 0 Å². The first kappa shape index (κ1) is 22.9. The Morgan fingerprint density at radius 1 is 1.12 bits per heavy atom. The molecule has 1 aromatic heterocycles. The van der Waals surface area contributed by atoms with E-state index in [1.807, 2.05) is 13.0 Å². The predicted octanol–water partition coefficient (Wildman–Crippen LogP) is 6.52. The number of nitrogen functional groups attached to an aromatic ring is 1. The maximum atomic E-state index is 11.4. The van der Waals surface area contributed by atoms with Crippen LogP contribution in [0.1, 0.15) is 67.7 Å². The van der Waals surface area contributed by atoms with Gasteiger partial charge in [0.15, 0.2) is 0 Å². The lowest BCUT2D eigenvalue weighted by Crippen LogP contribution is -2.51. The van der Waals surface area contributed by atoms with Gasteiger partial charge in [-0.15, -0.1) is 0 Å². The Kier molecular flexibility index (Phi) is 6.11. The van der Waals surface area contributed by atoms with Crippen molar-refractivity contribution in [2.75, 3.05) is 5.73 Å². The number of aromatic nitrogens is 1. The van der Waals surface area contributed by atoms with Gasteiger partial charge in [-0.25, -0.2) is 4.98 Å².